The standard InChI is InChI=1S/C11H9ClOS/c12-11-10(4-5-14-11)9-3-1-2-8(6-9)7-13/h1-6,13H,7H2. The Hall–Kier alpha value is -0.830. The summed E-state index contributed by atoms with van der Waals surface area (Å²) in [5.41, 5.74) is 3.00. The minimum absolute atomic E-state index is 0.0651. The molecule has 0 saturated heterocycles. The van der Waals surface area contributed by atoms with Gasteiger partial charge >= 0.3 is 0 Å². The molecule has 14 heavy (non-hydrogen) atoms. The fourth-order valence-corrected chi connectivity index (χ4v) is 2.30. The highest BCUT2D eigenvalue weighted by Gasteiger charge is 2.04. The third kappa shape index (κ3) is 1.82. The van der Waals surface area contributed by atoms with Crippen LogP contribution >= 0.6 is 22.9 Å². The molecule has 0 spiro atoms. The van der Waals surface area contributed by atoms with E-state index in [0.717, 1.165) is 21.0 Å². The summed E-state index contributed by atoms with van der Waals surface area (Å²) in [6.45, 7) is 0.0651. The Morgan fingerprint density at radius 2 is 2.14 bits per heavy atom. The van der Waals surface area contributed by atoms with Gasteiger partial charge in [-0.15, -0.1) is 11.3 Å². The summed E-state index contributed by atoms with van der Waals surface area (Å²) in [6, 6.07) is 9.75. The van der Waals surface area contributed by atoms with E-state index in [4.69, 9.17) is 16.7 Å². The molecule has 0 fully saturated rings. The van der Waals surface area contributed by atoms with Crippen molar-refractivity contribution >= 4 is 22.9 Å². The largest absolute Gasteiger partial charge is 0.392 e. The quantitative estimate of drug-likeness (QED) is 0.827. The molecular weight excluding hydrogens is 216 g/mol. The van der Waals surface area contributed by atoms with Crippen LogP contribution in [0.5, 0.6) is 0 Å². The van der Waals surface area contributed by atoms with Gasteiger partial charge in [-0.05, 0) is 28.6 Å². The Kier molecular flexibility index (Phi) is 2.87. The molecule has 0 aliphatic carbocycles. The van der Waals surface area contributed by atoms with Crippen LogP contribution in [0.3, 0.4) is 0 Å². The predicted octanol–water partition coefficient (Wildman–Crippen LogP) is 3.56. The average molecular weight is 225 g/mol. The number of aliphatic hydroxyl groups is 1. The van der Waals surface area contributed by atoms with Crippen molar-refractivity contribution < 1.29 is 5.11 Å². The van der Waals surface area contributed by atoms with Gasteiger partial charge in [-0.25, -0.2) is 0 Å². The Bertz CT molecular complexity index is 436. The topological polar surface area (TPSA) is 20.2 Å². The van der Waals surface area contributed by atoms with Crippen LogP contribution in [-0.2, 0) is 6.61 Å². The molecule has 0 unspecified atom stereocenters. The number of rotatable bonds is 2. The second-order valence-corrected chi connectivity index (χ2v) is 4.48. The molecule has 0 aliphatic rings. The molecule has 3 heteroatoms. The van der Waals surface area contributed by atoms with Crippen molar-refractivity contribution in [1.29, 1.82) is 0 Å². The zero-order valence-electron chi connectivity index (χ0n) is 7.40. The maximum Gasteiger partial charge on any atom is 0.101 e. The van der Waals surface area contributed by atoms with Crippen molar-refractivity contribution in [2.45, 2.75) is 6.61 Å². The monoisotopic (exact) mass is 224 g/mol. The Labute approximate surface area is 91.6 Å². The van der Waals surface area contributed by atoms with Crippen molar-refractivity contribution in [2.75, 3.05) is 0 Å². The third-order valence-corrected chi connectivity index (χ3v) is 3.21. The zero-order valence-corrected chi connectivity index (χ0v) is 8.98. The van der Waals surface area contributed by atoms with Gasteiger partial charge in [0.05, 0.1) is 6.61 Å². The molecule has 0 radical (unpaired) electrons. The highest BCUT2D eigenvalue weighted by molar-refractivity contribution is 7.15. The Morgan fingerprint density at radius 1 is 1.29 bits per heavy atom. The molecule has 2 aromatic rings. The van der Waals surface area contributed by atoms with E-state index < -0.39 is 0 Å². The van der Waals surface area contributed by atoms with E-state index in [9.17, 15) is 0 Å². The number of benzene rings is 1. The predicted molar refractivity (Wildman–Crippen MR) is 60.7 cm³/mol. The molecule has 1 nitrogen and oxygen atoms in total. The molecular formula is C11H9ClOS. The Morgan fingerprint density at radius 3 is 2.79 bits per heavy atom. The molecule has 0 bridgehead atoms. The number of halogens is 1. The van der Waals surface area contributed by atoms with Gasteiger partial charge in [0, 0.05) is 5.56 Å². The molecule has 72 valence electrons. The molecule has 0 atom stereocenters. The lowest BCUT2D eigenvalue weighted by Gasteiger charge is -2.01. The SMILES string of the molecule is OCc1cccc(-c2ccsc2Cl)c1. The second-order valence-electron chi connectivity index (χ2n) is 2.97. The number of aliphatic hydroxyl groups excluding tert-OH is 1. The molecule has 1 heterocycles. The first-order valence-electron chi connectivity index (χ1n) is 4.24. The fourth-order valence-electron chi connectivity index (χ4n) is 1.34. The molecule has 1 aromatic heterocycles. The van der Waals surface area contributed by atoms with Crippen LogP contribution in [0, 0.1) is 0 Å². The summed E-state index contributed by atoms with van der Waals surface area (Å²) < 4.78 is 0.792. The lowest BCUT2D eigenvalue weighted by molar-refractivity contribution is 0.282. The number of hydrogen-bond donors (Lipinski definition) is 1. The first-order chi connectivity index (χ1) is 6.81. The van der Waals surface area contributed by atoms with Crippen molar-refractivity contribution in [3.63, 3.8) is 0 Å². The van der Waals surface area contributed by atoms with E-state index in [1.807, 2.05) is 35.7 Å². The van der Waals surface area contributed by atoms with Crippen LogP contribution in [-0.4, -0.2) is 5.11 Å². The Balaban J connectivity index is 2.47. The van der Waals surface area contributed by atoms with Gasteiger partial charge in [0.1, 0.15) is 4.34 Å². The normalized spacial score (nSPS) is 10.4. The van der Waals surface area contributed by atoms with Crippen LogP contribution in [0.2, 0.25) is 4.34 Å². The molecule has 1 aromatic carbocycles. The van der Waals surface area contributed by atoms with Crippen LogP contribution in [0.15, 0.2) is 35.7 Å². The minimum Gasteiger partial charge on any atom is -0.392 e. The molecule has 0 aliphatic heterocycles. The van der Waals surface area contributed by atoms with E-state index in [2.05, 4.69) is 0 Å². The first-order valence-corrected chi connectivity index (χ1v) is 5.50. The van der Waals surface area contributed by atoms with E-state index in [1.165, 1.54) is 11.3 Å². The van der Waals surface area contributed by atoms with Crippen molar-refractivity contribution in [3.05, 3.63) is 45.6 Å². The van der Waals surface area contributed by atoms with Crippen LogP contribution in [0.1, 0.15) is 5.56 Å². The van der Waals surface area contributed by atoms with E-state index in [1.54, 1.807) is 0 Å². The summed E-state index contributed by atoms with van der Waals surface area (Å²) >= 11 is 7.54. The van der Waals surface area contributed by atoms with E-state index in [-0.39, 0.29) is 6.61 Å². The summed E-state index contributed by atoms with van der Waals surface area (Å²) in [4.78, 5) is 0. The first kappa shape index (κ1) is 9.71. The number of thiophene rings is 1. The summed E-state index contributed by atoms with van der Waals surface area (Å²) in [6.07, 6.45) is 0. The molecule has 0 saturated carbocycles. The second kappa shape index (κ2) is 4.13. The zero-order chi connectivity index (χ0) is 9.97. The van der Waals surface area contributed by atoms with Gasteiger partial charge in [0.15, 0.2) is 0 Å². The fraction of sp³-hybridized carbons (Fsp3) is 0.0909. The summed E-state index contributed by atoms with van der Waals surface area (Å²) in [5, 5.41) is 11.0. The summed E-state index contributed by atoms with van der Waals surface area (Å²) in [5.74, 6) is 0. The van der Waals surface area contributed by atoms with Gasteiger partial charge in [0.2, 0.25) is 0 Å². The number of hydrogen-bond acceptors (Lipinski definition) is 2. The molecule has 0 amide bonds. The van der Waals surface area contributed by atoms with Crippen molar-refractivity contribution in [1.82, 2.24) is 0 Å². The minimum atomic E-state index is 0.0651. The van der Waals surface area contributed by atoms with Gasteiger partial charge in [-0.3, -0.25) is 0 Å². The van der Waals surface area contributed by atoms with E-state index in [0.29, 0.717) is 0 Å². The maximum absolute atomic E-state index is 9.00. The maximum atomic E-state index is 9.00. The third-order valence-electron chi connectivity index (χ3n) is 2.04. The lowest BCUT2D eigenvalue weighted by Crippen LogP contribution is -1.83. The van der Waals surface area contributed by atoms with Crippen molar-refractivity contribution in [3.8, 4) is 11.1 Å². The van der Waals surface area contributed by atoms with Gasteiger partial charge < -0.3 is 5.11 Å². The van der Waals surface area contributed by atoms with Crippen molar-refractivity contribution in [2.24, 2.45) is 0 Å². The highest BCUT2D eigenvalue weighted by atomic mass is 35.5. The van der Waals surface area contributed by atoms with Crippen LogP contribution in [0.25, 0.3) is 11.1 Å². The smallest absolute Gasteiger partial charge is 0.101 e. The van der Waals surface area contributed by atoms with Gasteiger partial charge in [0.25, 0.3) is 0 Å². The van der Waals surface area contributed by atoms with Crippen LogP contribution < -0.4 is 0 Å². The molecule has 1 N–H and O–H groups in total. The van der Waals surface area contributed by atoms with Crippen LogP contribution in [0.4, 0.5) is 0 Å². The van der Waals surface area contributed by atoms with Gasteiger partial charge in [-0.2, -0.15) is 0 Å². The summed E-state index contributed by atoms with van der Waals surface area (Å²) in [7, 11) is 0. The highest BCUT2D eigenvalue weighted by Crippen LogP contribution is 2.32. The van der Waals surface area contributed by atoms with E-state index >= 15 is 0 Å². The molecule has 2 rings (SSSR count). The average Bonchev–Trinajstić information content (AvgIpc) is 2.65. The van der Waals surface area contributed by atoms with Gasteiger partial charge in [-0.1, -0.05) is 29.8 Å². The lowest BCUT2D eigenvalue weighted by atomic mass is 10.1.